The third-order valence-electron chi connectivity index (χ3n) is 5.89. The van der Waals surface area contributed by atoms with Crippen LogP contribution in [0.4, 0.5) is 4.39 Å². The molecule has 32 heavy (non-hydrogen) atoms. The topological polar surface area (TPSA) is 73.7 Å². The maximum atomic E-state index is 14.0. The number of fused-ring (bicyclic) bond motifs is 1. The average Bonchev–Trinajstić information content (AvgIpc) is 3.33. The van der Waals surface area contributed by atoms with Crippen LogP contribution < -0.4 is 9.47 Å². The van der Waals surface area contributed by atoms with Gasteiger partial charge in [0.1, 0.15) is 24.7 Å². The maximum Gasteiger partial charge on any atom is 0.274 e. The molecular formula is C24H22FN3O4. The van der Waals surface area contributed by atoms with E-state index in [1.807, 2.05) is 0 Å². The van der Waals surface area contributed by atoms with Crippen molar-refractivity contribution >= 4 is 11.7 Å². The summed E-state index contributed by atoms with van der Waals surface area (Å²) in [5.74, 6) is 0.525. The van der Waals surface area contributed by atoms with Gasteiger partial charge in [0.15, 0.2) is 23.0 Å². The number of ether oxygens (including phenoxy) is 2. The van der Waals surface area contributed by atoms with Crippen molar-refractivity contribution in [3.8, 4) is 17.2 Å². The zero-order valence-corrected chi connectivity index (χ0v) is 17.4. The number of hydrogen-bond acceptors (Lipinski definition) is 5. The van der Waals surface area contributed by atoms with Crippen LogP contribution >= 0.6 is 0 Å². The number of amides is 1. The lowest BCUT2D eigenvalue weighted by atomic mass is 9.88. The fraction of sp³-hybridized carbons (Fsp3) is 0.292. The van der Waals surface area contributed by atoms with E-state index in [1.54, 1.807) is 53.6 Å². The summed E-state index contributed by atoms with van der Waals surface area (Å²) in [7, 11) is 0. The van der Waals surface area contributed by atoms with Gasteiger partial charge in [0.2, 0.25) is 0 Å². The SMILES string of the molecule is O=C(c1ccc2c(c1)OCCO2)C1CCN(C(=O)c2ccn(-c3ccccc3F)n2)CC1. The van der Waals surface area contributed by atoms with E-state index >= 15 is 0 Å². The summed E-state index contributed by atoms with van der Waals surface area (Å²) >= 11 is 0. The first-order valence-corrected chi connectivity index (χ1v) is 10.6. The molecule has 8 heteroatoms. The molecule has 1 saturated heterocycles. The fourth-order valence-electron chi connectivity index (χ4n) is 4.15. The van der Waals surface area contributed by atoms with Crippen LogP contribution in [0.25, 0.3) is 5.69 Å². The Bertz CT molecular complexity index is 1170. The Balaban J connectivity index is 1.23. The lowest BCUT2D eigenvalue weighted by Gasteiger charge is -2.31. The second-order valence-corrected chi connectivity index (χ2v) is 7.89. The molecule has 3 heterocycles. The molecule has 0 radical (unpaired) electrons. The number of hydrogen-bond donors (Lipinski definition) is 0. The van der Waals surface area contributed by atoms with Crippen molar-refractivity contribution in [1.82, 2.24) is 14.7 Å². The molecule has 1 amide bonds. The molecule has 0 atom stereocenters. The predicted octanol–water partition coefficient (Wildman–Crippen LogP) is 3.52. The molecule has 3 aromatic rings. The van der Waals surface area contributed by atoms with Crippen LogP contribution in [0.5, 0.6) is 11.5 Å². The lowest BCUT2D eigenvalue weighted by molar-refractivity contribution is 0.0645. The summed E-state index contributed by atoms with van der Waals surface area (Å²) in [6.45, 7) is 1.90. The van der Waals surface area contributed by atoms with Crippen LogP contribution in [0.2, 0.25) is 0 Å². The average molecular weight is 435 g/mol. The van der Waals surface area contributed by atoms with Crippen molar-refractivity contribution in [2.45, 2.75) is 12.8 Å². The zero-order valence-electron chi connectivity index (χ0n) is 17.4. The molecule has 1 fully saturated rings. The van der Waals surface area contributed by atoms with Gasteiger partial charge in [0.25, 0.3) is 5.91 Å². The molecule has 0 spiro atoms. The molecule has 1 aromatic heterocycles. The second kappa shape index (κ2) is 8.45. The highest BCUT2D eigenvalue weighted by Crippen LogP contribution is 2.32. The first-order chi connectivity index (χ1) is 15.6. The van der Waals surface area contributed by atoms with E-state index in [2.05, 4.69) is 5.10 Å². The Hall–Kier alpha value is -3.68. The lowest BCUT2D eigenvalue weighted by Crippen LogP contribution is -2.40. The molecule has 164 valence electrons. The number of halogens is 1. The molecule has 0 unspecified atom stereocenters. The van der Waals surface area contributed by atoms with Crippen LogP contribution in [-0.2, 0) is 0 Å². The van der Waals surface area contributed by atoms with Crippen LogP contribution in [-0.4, -0.2) is 52.7 Å². The number of carbonyl (C=O) groups is 2. The van der Waals surface area contributed by atoms with E-state index in [9.17, 15) is 14.0 Å². The highest BCUT2D eigenvalue weighted by Gasteiger charge is 2.30. The minimum atomic E-state index is -0.409. The number of para-hydroxylation sites is 1. The summed E-state index contributed by atoms with van der Waals surface area (Å²) < 4.78 is 26.4. The molecular weight excluding hydrogens is 413 g/mol. The number of nitrogens with zero attached hydrogens (tertiary/aromatic N) is 3. The first kappa shape index (κ1) is 20.2. The number of carbonyl (C=O) groups excluding carboxylic acids is 2. The number of benzene rings is 2. The van der Waals surface area contributed by atoms with Crippen molar-refractivity contribution in [2.24, 2.45) is 5.92 Å². The van der Waals surface area contributed by atoms with Gasteiger partial charge in [-0.05, 0) is 49.2 Å². The number of Topliss-reactive ketones (excluding diaryl/α,β-unsaturated/α-hetero) is 1. The predicted molar refractivity (Wildman–Crippen MR) is 114 cm³/mol. The summed E-state index contributed by atoms with van der Waals surface area (Å²) in [4.78, 5) is 27.5. The minimum Gasteiger partial charge on any atom is -0.486 e. The second-order valence-electron chi connectivity index (χ2n) is 7.89. The third kappa shape index (κ3) is 3.84. The fourth-order valence-corrected chi connectivity index (χ4v) is 4.15. The molecule has 2 aliphatic heterocycles. The minimum absolute atomic E-state index is 0.0536. The standard InChI is InChI=1S/C24H22FN3O4/c25-18-3-1-2-4-20(18)28-12-9-19(26-28)24(30)27-10-7-16(8-11-27)23(29)17-5-6-21-22(15-17)32-14-13-31-21/h1-6,9,12,15-16H,7-8,10-11,13-14H2. The first-order valence-electron chi connectivity index (χ1n) is 10.6. The molecule has 2 aromatic carbocycles. The largest absolute Gasteiger partial charge is 0.486 e. The van der Waals surface area contributed by atoms with E-state index in [4.69, 9.17) is 9.47 Å². The highest BCUT2D eigenvalue weighted by atomic mass is 19.1. The van der Waals surface area contributed by atoms with Crippen molar-refractivity contribution in [2.75, 3.05) is 26.3 Å². The van der Waals surface area contributed by atoms with Gasteiger partial charge in [-0.15, -0.1) is 0 Å². The molecule has 7 nitrogen and oxygen atoms in total. The van der Waals surface area contributed by atoms with Crippen LogP contribution in [0.15, 0.2) is 54.7 Å². The molecule has 2 aliphatic rings. The Morgan fingerprint density at radius 2 is 1.72 bits per heavy atom. The maximum absolute atomic E-state index is 14.0. The van der Waals surface area contributed by atoms with E-state index < -0.39 is 5.82 Å². The van der Waals surface area contributed by atoms with E-state index in [-0.39, 0.29) is 29.0 Å². The molecule has 0 saturated carbocycles. The van der Waals surface area contributed by atoms with Gasteiger partial charge < -0.3 is 14.4 Å². The van der Waals surface area contributed by atoms with E-state index in [0.29, 0.717) is 56.2 Å². The van der Waals surface area contributed by atoms with Gasteiger partial charge in [-0.2, -0.15) is 5.10 Å². The van der Waals surface area contributed by atoms with E-state index in [0.717, 1.165) is 0 Å². The van der Waals surface area contributed by atoms with Crippen LogP contribution in [0.3, 0.4) is 0 Å². The number of rotatable bonds is 4. The van der Waals surface area contributed by atoms with Crippen molar-refractivity contribution in [3.05, 3.63) is 71.8 Å². The summed E-state index contributed by atoms with van der Waals surface area (Å²) in [6.07, 6.45) is 2.73. The smallest absolute Gasteiger partial charge is 0.274 e. The van der Waals surface area contributed by atoms with Gasteiger partial charge in [0, 0.05) is 30.8 Å². The summed E-state index contributed by atoms with van der Waals surface area (Å²) in [5.41, 5.74) is 1.14. The Labute approximate surface area is 184 Å². The van der Waals surface area contributed by atoms with Gasteiger partial charge in [-0.1, -0.05) is 12.1 Å². The number of ketones is 1. The van der Waals surface area contributed by atoms with Crippen molar-refractivity contribution < 1.29 is 23.5 Å². The third-order valence-corrected chi connectivity index (χ3v) is 5.89. The highest BCUT2D eigenvalue weighted by molar-refractivity contribution is 5.99. The summed E-state index contributed by atoms with van der Waals surface area (Å²) in [5, 5.41) is 4.25. The Kier molecular flexibility index (Phi) is 5.34. The Morgan fingerprint density at radius 3 is 2.50 bits per heavy atom. The zero-order chi connectivity index (χ0) is 22.1. The number of piperidine rings is 1. The number of aromatic nitrogens is 2. The van der Waals surface area contributed by atoms with E-state index in [1.165, 1.54) is 10.7 Å². The van der Waals surface area contributed by atoms with Crippen LogP contribution in [0.1, 0.15) is 33.7 Å². The molecule has 0 bridgehead atoms. The van der Waals surface area contributed by atoms with Gasteiger partial charge >= 0.3 is 0 Å². The van der Waals surface area contributed by atoms with Gasteiger partial charge in [-0.25, -0.2) is 9.07 Å². The van der Waals surface area contributed by atoms with Gasteiger partial charge in [0.05, 0.1) is 0 Å². The molecule has 5 rings (SSSR count). The Morgan fingerprint density at radius 1 is 0.969 bits per heavy atom. The van der Waals surface area contributed by atoms with Crippen LogP contribution in [0, 0.1) is 11.7 Å². The van der Waals surface area contributed by atoms with Gasteiger partial charge in [-0.3, -0.25) is 9.59 Å². The van der Waals surface area contributed by atoms with Crippen molar-refractivity contribution in [3.63, 3.8) is 0 Å². The quantitative estimate of drug-likeness (QED) is 0.587. The number of likely N-dealkylation sites (tertiary alicyclic amines) is 1. The molecule has 0 N–H and O–H groups in total. The monoisotopic (exact) mass is 435 g/mol. The normalized spacial score (nSPS) is 16.1. The van der Waals surface area contributed by atoms with Crippen molar-refractivity contribution in [1.29, 1.82) is 0 Å². The summed E-state index contributed by atoms with van der Waals surface area (Å²) in [6, 6.07) is 13.1. The molecule has 0 aliphatic carbocycles.